The maximum Gasteiger partial charge on any atom is 0.123 e. The van der Waals surface area contributed by atoms with Crippen LogP contribution in [-0.4, -0.2) is 25.3 Å². The summed E-state index contributed by atoms with van der Waals surface area (Å²) in [6.07, 6.45) is 6.46. The third-order valence-electron chi connectivity index (χ3n) is 4.39. The summed E-state index contributed by atoms with van der Waals surface area (Å²) in [6.45, 7) is 1.91. The van der Waals surface area contributed by atoms with Crippen molar-refractivity contribution in [3.63, 3.8) is 0 Å². The molecule has 2 aliphatic rings. The van der Waals surface area contributed by atoms with Crippen molar-refractivity contribution in [2.75, 3.05) is 13.2 Å². The van der Waals surface area contributed by atoms with Crippen LogP contribution < -0.4 is 5.32 Å². The van der Waals surface area contributed by atoms with E-state index in [9.17, 15) is 4.39 Å². The second-order valence-corrected chi connectivity index (χ2v) is 5.81. The van der Waals surface area contributed by atoms with Gasteiger partial charge >= 0.3 is 0 Å². The molecule has 1 atom stereocenters. The van der Waals surface area contributed by atoms with Crippen LogP contribution in [0.2, 0.25) is 0 Å². The van der Waals surface area contributed by atoms with Gasteiger partial charge in [-0.2, -0.15) is 0 Å². The number of benzene rings is 1. The average molecular weight is 263 g/mol. The number of nitrogens with one attached hydrogen (secondary N) is 1. The van der Waals surface area contributed by atoms with Gasteiger partial charge in [-0.05, 0) is 55.7 Å². The van der Waals surface area contributed by atoms with Crippen LogP contribution in [0.3, 0.4) is 0 Å². The molecule has 1 aromatic carbocycles. The Hall–Kier alpha value is -0.930. The van der Waals surface area contributed by atoms with Crippen LogP contribution in [0, 0.1) is 5.82 Å². The smallest absolute Gasteiger partial charge is 0.123 e. The van der Waals surface area contributed by atoms with E-state index in [-0.39, 0.29) is 5.82 Å². The SMILES string of the molecule is Fc1ccc(C2CC(NCC3CCCCO3)C2)cc1. The summed E-state index contributed by atoms with van der Waals surface area (Å²) in [5.41, 5.74) is 1.27. The first-order valence-electron chi connectivity index (χ1n) is 7.42. The minimum atomic E-state index is -0.146. The van der Waals surface area contributed by atoms with Crippen molar-refractivity contribution in [1.29, 1.82) is 0 Å². The van der Waals surface area contributed by atoms with E-state index in [0.29, 0.717) is 18.1 Å². The zero-order valence-electron chi connectivity index (χ0n) is 11.3. The molecule has 1 unspecified atom stereocenters. The van der Waals surface area contributed by atoms with Gasteiger partial charge in [0, 0.05) is 19.2 Å². The standard InChI is InChI=1S/C16H22FNO/c17-14-6-4-12(5-7-14)13-9-15(10-13)18-11-16-3-1-2-8-19-16/h4-7,13,15-16,18H,1-3,8-11H2. The van der Waals surface area contributed by atoms with Gasteiger partial charge in [-0.15, -0.1) is 0 Å². The summed E-state index contributed by atoms with van der Waals surface area (Å²) in [5, 5.41) is 3.60. The lowest BCUT2D eigenvalue weighted by Gasteiger charge is -2.37. The van der Waals surface area contributed by atoms with Crippen molar-refractivity contribution in [1.82, 2.24) is 5.32 Å². The van der Waals surface area contributed by atoms with Crippen molar-refractivity contribution in [3.8, 4) is 0 Å². The first-order chi connectivity index (χ1) is 9.31. The van der Waals surface area contributed by atoms with E-state index in [4.69, 9.17) is 4.74 Å². The summed E-state index contributed by atoms with van der Waals surface area (Å²) in [6, 6.07) is 7.57. The normalized spacial score (nSPS) is 30.9. The zero-order valence-corrected chi connectivity index (χ0v) is 11.3. The van der Waals surface area contributed by atoms with Gasteiger partial charge in [0.05, 0.1) is 6.10 Å². The predicted octanol–water partition coefficient (Wildman–Crippen LogP) is 3.23. The molecule has 1 aromatic rings. The lowest BCUT2D eigenvalue weighted by molar-refractivity contribution is 0.0132. The van der Waals surface area contributed by atoms with Gasteiger partial charge in [-0.25, -0.2) is 4.39 Å². The molecule has 1 N–H and O–H groups in total. The van der Waals surface area contributed by atoms with E-state index in [1.807, 2.05) is 12.1 Å². The Morgan fingerprint density at radius 2 is 1.95 bits per heavy atom. The largest absolute Gasteiger partial charge is 0.377 e. The number of rotatable bonds is 4. The van der Waals surface area contributed by atoms with Crippen LogP contribution in [0.1, 0.15) is 43.6 Å². The molecule has 2 fully saturated rings. The molecular formula is C16H22FNO. The van der Waals surface area contributed by atoms with Gasteiger partial charge in [-0.1, -0.05) is 12.1 Å². The van der Waals surface area contributed by atoms with Gasteiger partial charge in [0.25, 0.3) is 0 Å². The molecule has 3 rings (SSSR count). The number of hydrogen-bond donors (Lipinski definition) is 1. The van der Waals surface area contributed by atoms with Crippen molar-refractivity contribution in [2.45, 2.75) is 50.2 Å². The molecule has 0 bridgehead atoms. The molecule has 1 aliphatic heterocycles. The number of ether oxygens (including phenoxy) is 1. The minimum absolute atomic E-state index is 0.146. The van der Waals surface area contributed by atoms with Crippen molar-refractivity contribution in [2.24, 2.45) is 0 Å². The lowest BCUT2D eigenvalue weighted by Crippen LogP contribution is -2.44. The van der Waals surface area contributed by atoms with Gasteiger partial charge in [-0.3, -0.25) is 0 Å². The fourth-order valence-corrected chi connectivity index (χ4v) is 3.06. The van der Waals surface area contributed by atoms with Crippen LogP contribution in [0.4, 0.5) is 4.39 Å². The van der Waals surface area contributed by atoms with E-state index in [0.717, 1.165) is 13.2 Å². The second kappa shape index (κ2) is 6.02. The average Bonchev–Trinajstić information content (AvgIpc) is 2.40. The lowest BCUT2D eigenvalue weighted by atomic mass is 9.76. The maximum atomic E-state index is 12.8. The van der Waals surface area contributed by atoms with Crippen molar-refractivity contribution >= 4 is 0 Å². The van der Waals surface area contributed by atoms with E-state index in [1.165, 1.54) is 37.7 Å². The van der Waals surface area contributed by atoms with Gasteiger partial charge < -0.3 is 10.1 Å². The molecule has 1 heterocycles. The van der Waals surface area contributed by atoms with Gasteiger partial charge in [0.1, 0.15) is 5.82 Å². The molecule has 0 aromatic heterocycles. The van der Waals surface area contributed by atoms with Crippen LogP contribution in [-0.2, 0) is 4.74 Å². The molecule has 2 nitrogen and oxygen atoms in total. The fraction of sp³-hybridized carbons (Fsp3) is 0.625. The predicted molar refractivity (Wildman–Crippen MR) is 73.8 cm³/mol. The monoisotopic (exact) mass is 263 g/mol. The molecule has 1 aliphatic carbocycles. The third-order valence-corrected chi connectivity index (χ3v) is 4.39. The van der Waals surface area contributed by atoms with E-state index in [1.54, 1.807) is 12.1 Å². The Bertz CT molecular complexity index is 394. The quantitative estimate of drug-likeness (QED) is 0.900. The number of hydrogen-bond acceptors (Lipinski definition) is 2. The topological polar surface area (TPSA) is 21.3 Å². The van der Waals surface area contributed by atoms with Gasteiger partial charge in [0.15, 0.2) is 0 Å². The highest BCUT2D eigenvalue weighted by Gasteiger charge is 2.30. The van der Waals surface area contributed by atoms with Crippen LogP contribution in [0.15, 0.2) is 24.3 Å². The maximum absolute atomic E-state index is 12.8. The number of halogens is 1. The van der Waals surface area contributed by atoms with Crippen molar-refractivity contribution in [3.05, 3.63) is 35.6 Å². The second-order valence-electron chi connectivity index (χ2n) is 5.81. The van der Waals surface area contributed by atoms with Crippen LogP contribution in [0.5, 0.6) is 0 Å². The molecular weight excluding hydrogens is 241 g/mol. The van der Waals surface area contributed by atoms with Crippen molar-refractivity contribution < 1.29 is 9.13 Å². The van der Waals surface area contributed by atoms with Crippen LogP contribution in [0.25, 0.3) is 0 Å². The van der Waals surface area contributed by atoms with E-state index in [2.05, 4.69) is 5.32 Å². The molecule has 3 heteroatoms. The summed E-state index contributed by atoms with van der Waals surface area (Å²) in [4.78, 5) is 0. The molecule has 0 radical (unpaired) electrons. The zero-order chi connectivity index (χ0) is 13.1. The van der Waals surface area contributed by atoms with Gasteiger partial charge in [0.2, 0.25) is 0 Å². The Labute approximate surface area is 114 Å². The summed E-state index contributed by atoms with van der Waals surface area (Å²) < 4.78 is 18.6. The Morgan fingerprint density at radius 3 is 2.63 bits per heavy atom. The highest BCUT2D eigenvalue weighted by Crippen LogP contribution is 2.36. The molecule has 104 valence electrons. The molecule has 0 amide bonds. The Kier molecular flexibility index (Phi) is 4.14. The molecule has 1 saturated carbocycles. The van der Waals surface area contributed by atoms with E-state index < -0.39 is 0 Å². The third kappa shape index (κ3) is 3.34. The highest BCUT2D eigenvalue weighted by molar-refractivity contribution is 5.23. The Morgan fingerprint density at radius 1 is 1.16 bits per heavy atom. The fourth-order valence-electron chi connectivity index (χ4n) is 3.06. The van der Waals surface area contributed by atoms with E-state index >= 15 is 0 Å². The summed E-state index contributed by atoms with van der Waals surface area (Å²) >= 11 is 0. The molecule has 19 heavy (non-hydrogen) atoms. The molecule has 0 spiro atoms. The highest BCUT2D eigenvalue weighted by atomic mass is 19.1. The first kappa shape index (κ1) is 13.1. The summed E-state index contributed by atoms with van der Waals surface area (Å²) in [7, 11) is 0. The first-order valence-corrected chi connectivity index (χ1v) is 7.42. The Balaban J connectivity index is 1.39. The minimum Gasteiger partial charge on any atom is -0.377 e. The summed E-state index contributed by atoms with van der Waals surface area (Å²) in [5.74, 6) is 0.456. The van der Waals surface area contributed by atoms with Crippen LogP contribution >= 0.6 is 0 Å². The molecule has 1 saturated heterocycles.